The number of benzene rings is 1. The molecule has 1 aromatic heterocycles. The molecule has 1 unspecified atom stereocenters. The molecule has 1 amide bonds. The SMILES string of the molecule is O=C(c1cnn(-c2ccccc2)n1)N1CCCC(O)C1. The Morgan fingerprint density at radius 2 is 2.10 bits per heavy atom. The third-order valence-corrected chi connectivity index (χ3v) is 3.38. The lowest BCUT2D eigenvalue weighted by Crippen LogP contribution is -2.42. The van der Waals surface area contributed by atoms with Gasteiger partial charge in [-0.15, -0.1) is 5.10 Å². The van der Waals surface area contributed by atoms with Crippen molar-refractivity contribution >= 4 is 5.91 Å². The first kappa shape index (κ1) is 12.8. The van der Waals surface area contributed by atoms with Crippen molar-refractivity contribution in [2.75, 3.05) is 13.1 Å². The van der Waals surface area contributed by atoms with Gasteiger partial charge in [0.15, 0.2) is 5.69 Å². The van der Waals surface area contributed by atoms with Gasteiger partial charge < -0.3 is 10.0 Å². The Hall–Kier alpha value is -2.21. The molecule has 1 saturated heterocycles. The molecule has 1 fully saturated rings. The number of aliphatic hydroxyl groups excluding tert-OH is 1. The van der Waals surface area contributed by atoms with E-state index < -0.39 is 6.10 Å². The minimum absolute atomic E-state index is 0.175. The molecular weight excluding hydrogens is 256 g/mol. The van der Waals surface area contributed by atoms with Crippen LogP contribution >= 0.6 is 0 Å². The number of nitrogens with zero attached hydrogens (tertiary/aromatic N) is 4. The Kier molecular flexibility index (Phi) is 3.47. The van der Waals surface area contributed by atoms with E-state index in [0.717, 1.165) is 18.5 Å². The molecule has 0 aliphatic carbocycles. The minimum atomic E-state index is -0.433. The summed E-state index contributed by atoms with van der Waals surface area (Å²) in [4.78, 5) is 15.4. The summed E-state index contributed by atoms with van der Waals surface area (Å²) in [6, 6.07) is 9.44. The number of likely N-dealkylation sites (tertiary alicyclic amines) is 1. The zero-order valence-electron chi connectivity index (χ0n) is 11.0. The summed E-state index contributed by atoms with van der Waals surface area (Å²) < 4.78 is 0. The van der Waals surface area contributed by atoms with Crippen molar-refractivity contribution in [2.45, 2.75) is 18.9 Å². The second-order valence-electron chi connectivity index (χ2n) is 4.90. The number of hydrogen-bond donors (Lipinski definition) is 1. The predicted molar refractivity (Wildman–Crippen MR) is 72.5 cm³/mol. The molecule has 2 heterocycles. The molecule has 20 heavy (non-hydrogen) atoms. The Balaban J connectivity index is 1.78. The summed E-state index contributed by atoms with van der Waals surface area (Å²) in [5, 5.41) is 18.0. The van der Waals surface area contributed by atoms with Crippen LogP contribution in [0.15, 0.2) is 36.5 Å². The maximum atomic E-state index is 12.3. The van der Waals surface area contributed by atoms with Crippen molar-refractivity contribution < 1.29 is 9.90 Å². The van der Waals surface area contributed by atoms with Crippen LogP contribution in [0.4, 0.5) is 0 Å². The van der Waals surface area contributed by atoms with E-state index in [9.17, 15) is 9.90 Å². The van der Waals surface area contributed by atoms with Crippen LogP contribution in [-0.2, 0) is 0 Å². The van der Waals surface area contributed by atoms with Gasteiger partial charge in [-0.2, -0.15) is 9.90 Å². The summed E-state index contributed by atoms with van der Waals surface area (Å²) in [6.45, 7) is 1.03. The first-order valence-corrected chi connectivity index (χ1v) is 6.69. The van der Waals surface area contributed by atoms with E-state index in [2.05, 4.69) is 10.2 Å². The van der Waals surface area contributed by atoms with Gasteiger partial charge in [0, 0.05) is 13.1 Å². The van der Waals surface area contributed by atoms with Gasteiger partial charge in [0.2, 0.25) is 0 Å². The molecule has 2 aromatic rings. The fourth-order valence-corrected chi connectivity index (χ4v) is 2.35. The molecule has 1 atom stereocenters. The molecule has 6 heteroatoms. The molecule has 3 rings (SSSR count). The third-order valence-electron chi connectivity index (χ3n) is 3.38. The summed E-state index contributed by atoms with van der Waals surface area (Å²) in [5.74, 6) is -0.175. The van der Waals surface area contributed by atoms with Gasteiger partial charge >= 0.3 is 0 Å². The standard InChI is InChI=1S/C14H16N4O2/c19-12-7-4-8-17(10-12)14(20)13-9-15-18(16-13)11-5-2-1-3-6-11/h1-3,5-6,9,12,19H,4,7-8,10H2. The van der Waals surface area contributed by atoms with E-state index in [4.69, 9.17) is 0 Å². The quantitative estimate of drug-likeness (QED) is 0.880. The molecular formula is C14H16N4O2. The van der Waals surface area contributed by atoms with Crippen LogP contribution in [0.1, 0.15) is 23.3 Å². The average Bonchev–Trinajstić information content (AvgIpc) is 2.97. The highest BCUT2D eigenvalue weighted by molar-refractivity contribution is 5.92. The number of aliphatic hydroxyl groups is 1. The van der Waals surface area contributed by atoms with Gasteiger partial charge in [0.25, 0.3) is 5.91 Å². The number of hydrogen-bond acceptors (Lipinski definition) is 4. The van der Waals surface area contributed by atoms with E-state index in [1.165, 1.54) is 11.0 Å². The highest BCUT2D eigenvalue weighted by Gasteiger charge is 2.24. The van der Waals surface area contributed by atoms with Crippen molar-refractivity contribution in [1.82, 2.24) is 19.9 Å². The maximum absolute atomic E-state index is 12.3. The van der Waals surface area contributed by atoms with Gasteiger partial charge in [-0.25, -0.2) is 0 Å². The van der Waals surface area contributed by atoms with Crippen LogP contribution in [0.2, 0.25) is 0 Å². The van der Waals surface area contributed by atoms with Crippen molar-refractivity contribution in [2.24, 2.45) is 0 Å². The van der Waals surface area contributed by atoms with Gasteiger partial charge in [0.05, 0.1) is 18.0 Å². The number of para-hydroxylation sites is 1. The molecule has 6 nitrogen and oxygen atoms in total. The third kappa shape index (κ3) is 2.55. The number of β-amino-alcohol motifs (C(OH)–C–C–N with tert-alkyl or cyclic N) is 1. The lowest BCUT2D eigenvalue weighted by atomic mass is 10.1. The molecule has 1 aliphatic heterocycles. The Morgan fingerprint density at radius 3 is 2.85 bits per heavy atom. The zero-order chi connectivity index (χ0) is 13.9. The molecule has 1 aliphatic rings. The van der Waals surface area contributed by atoms with Crippen molar-refractivity contribution in [3.05, 3.63) is 42.2 Å². The van der Waals surface area contributed by atoms with Gasteiger partial charge in [0.1, 0.15) is 0 Å². The van der Waals surface area contributed by atoms with Crippen molar-refractivity contribution in [3.63, 3.8) is 0 Å². The first-order valence-electron chi connectivity index (χ1n) is 6.69. The monoisotopic (exact) mass is 272 g/mol. The highest BCUT2D eigenvalue weighted by Crippen LogP contribution is 2.13. The molecule has 1 aromatic carbocycles. The second-order valence-corrected chi connectivity index (χ2v) is 4.90. The molecule has 1 N–H and O–H groups in total. The molecule has 0 bridgehead atoms. The Labute approximate surface area is 116 Å². The molecule has 0 spiro atoms. The van der Waals surface area contributed by atoms with Gasteiger partial charge in [-0.3, -0.25) is 4.79 Å². The van der Waals surface area contributed by atoms with Crippen molar-refractivity contribution in [3.8, 4) is 5.69 Å². The first-order chi connectivity index (χ1) is 9.74. The second kappa shape index (κ2) is 5.42. The summed E-state index contributed by atoms with van der Waals surface area (Å²) in [6.07, 6.45) is 2.60. The molecule has 0 saturated carbocycles. The lowest BCUT2D eigenvalue weighted by molar-refractivity contribution is 0.0468. The largest absolute Gasteiger partial charge is 0.391 e. The number of aromatic nitrogens is 3. The van der Waals surface area contributed by atoms with E-state index in [0.29, 0.717) is 18.8 Å². The van der Waals surface area contributed by atoms with Gasteiger partial charge in [-0.05, 0) is 25.0 Å². The number of carbonyl (C=O) groups is 1. The van der Waals surface area contributed by atoms with Crippen LogP contribution in [-0.4, -0.2) is 50.1 Å². The number of carbonyl (C=O) groups excluding carboxylic acids is 1. The summed E-state index contributed by atoms with van der Waals surface area (Å²) >= 11 is 0. The Morgan fingerprint density at radius 1 is 1.30 bits per heavy atom. The summed E-state index contributed by atoms with van der Waals surface area (Å²) in [7, 11) is 0. The van der Waals surface area contributed by atoms with Crippen LogP contribution in [0.25, 0.3) is 5.69 Å². The highest BCUT2D eigenvalue weighted by atomic mass is 16.3. The number of piperidine rings is 1. The Bertz CT molecular complexity index is 596. The predicted octanol–water partition coefficient (Wildman–Crippen LogP) is 0.864. The van der Waals surface area contributed by atoms with Crippen LogP contribution < -0.4 is 0 Å². The molecule has 104 valence electrons. The van der Waals surface area contributed by atoms with Crippen molar-refractivity contribution in [1.29, 1.82) is 0 Å². The van der Waals surface area contributed by atoms with E-state index in [-0.39, 0.29) is 5.91 Å². The minimum Gasteiger partial charge on any atom is -0.391 e. The number of amides is 1. The van der Waals surface area contributed by atoms with Crippen LogP contribution in [0.3, 0.4) is 0 Å². The maximum Gasteiger partial charge on any atom is 0.276 e. The van der Waals surface area contributed by atoms with E-state index >= 15 is 0 Å². The normalized spacial score (nSPS) is 19.1. The number of rotatable bonds is 2. The smallest absolute Gasteiger partial charge is 0.276 e. The topological polar surface area (TPSA) is 71.2 Å². The summed E-state index contributed by atoms with van der Waals surface area (Å²) in [5.41, 5.74) is 1.12. The zero-order valence-corrected chi connectivity index (χ0v) is 11.0. The van der Waals surface area contributed by atoms with E-state index in [1.54, 1.807) is 4.90 Å². The fraction of sp³-hybridized carbons (Fsp3) is 0.357. The van der Waals surface area contributed by atoms with E-state index in [1.807, 2.05) is 30.3 Å². The van der Waals surface area contributed by atoms with Gasteiger partial charge in [-0.1, -0.05) is 18.2 Å². The lowest BCUT2D eigenvalue weighted by Gasteiger charge is -2.29. The fourth-order valence-electron chi connectivity index (χ4n) is 2.35. The van der Waals surface area contributed by atoms with Crippen LogP contribution in [0.5, 0.6) is 0 Å². The average molecular weight is 272 g/mol. The van der Waals surface area contributed by atoms with Crippen LogP contribution in [0, 0.1) is 0 Å². The molecule has 0 radical (unpaired) electrons.